The molecule has 3 rings (SSSR count). The summed E-state index contributed by atoms with van der Waals surface area (Å²) >= 11 is 1.35. The van der Waals surface area contributed by atoms with E-state index >= 15 is 0 Å². The van der Waals surface area contributed by atoms with E-state index in [-0.39, 0.29) is 16.4 Å². The van der Waals surface area contributed by atoms with Crippen LogP contribution in [0, 0.1) is 0 Å². The number of aryl methyl sites for hydroxylation is 1. The Morgan fingerprint density at radius 3 is 2.43 bits per heavy atom. The predicted octanol–water partition coefficient (Wildman–Crippen LogP) is 3.80. The SMILES string of the molecule is CCn1c(SCC(=O)c2ccc(C(C)C)cc2)nc2cc(S(N)(=O)=O)ccc21. The largest absolute Gasteiger partial charge is 0.319 e. The number of fused-ring (bicyclic) bond motifs is 1. The van der Waals surface area contributed by atoms with E-state index in [1.807, 2.05) is 35.8 Å². The lowest BCUT2D eigenvalue weighted by Crippen LogP contribution is -2.11. The van der Waals surface area contributed by atoms with Crippen molar-refractivity contribution in [2.24, 2.45) is 5.14 Å². The third-order valence-corrected chi connectivity index (χ3v) is 6.45. The maximum absolute atomic E-state index is 12.5. The van der Waals surface area contributed by atoms with Crippen LogP contribution in [0.4, 0.5) is 0 Å². The van der Waals surface area contributed by atoms with Gasteiger partial charge >= 0.3 is 0 Å². The molecule has 2 aromatic carbocycles. The molecule has 0 fully saturated rings. The zero-order valence-corrected chi connectivity index (χ0v) is 17.7. The van der Waals surface area contributed by atoms with E-state index in [4.69, 9.17) is 5.14 Å². The molecule has 28 heavy (non-hydrogen) atoms. The van der Waals surface area contributed by atoms with E-state index in [2.05, 4.69) is 18.8 Å². The molecule has 6 nitrogen and oxygen atoms in total. The minimum Gasteiger partial charge on any atom is -0.319 e. The van der Waals surface area contributed by atoms with Gasteiger partial charge in [0.05, 0.1) is 21.7 Å². The van der Waals surface area contributed by atoms with E-state index in [1.165, 1.54) is 29.5 Å². The van der Waals surface area contributed by atoms with Crippen LogP contribution < -0.4 is 5.14 Å². The number of hydrogen-bond donors (Lipinski definition) is 1. The van der Waals surface area contributed by atoms with Gasteiger partial charge < -0.3 is 4.57 Å². The van der Waals surface area contributed by atoms with Crippen LogP contribution in [0.1, 0.15) is 42.6 Å². The number of nitrogens with two attached hydrogens (primary N) is 1. The smallest absolute Gasteiger partial charge is 0.238 e. The Bertz CT molecular complexity index is 1120. The summed E-state index contributed by atoms with van der Waals surface area (Å²) in [6, 6.07) is 12.3. The molecule has 3 aromatic rings. The standard InChI is InChI=1S/C20H23N3O3S2/c1-4-23-18-10-9-16(28(21,25)26)11-17(18)22-20(23)27-12-19(24)15-7-5-14(6-8-15)13(2)3/h5-11,13H,4,12H2,1-3H3,(H2,21,25,26). The van der Waals surface area contributed by atoms with Crippen molar-refractivity contribution >= 4 is 38.6 Å². The van der Waals surface area contributed by atoms with Crippen molar-refractivity contribution < 1.29 is 13.2 Å². The molecule has 0 atom stereocenters. The van der Waals surface area contributed by atoms with Crippen molar-refractivity contribution in [1.82, 2.24) is 9.55 Å². The zero-order chi connectivity index (χ0) is 20.5. The van der Waals surface area contributed by atoms with Crippen LogP contribution in [0.2, 0.25) is 0 Å². The summed E-state index contributed by atoms with van der Waals surface area (Å²) in [7, 11) is -3.79. The number of Topliss-reactive ketones (excluding diaryl/α,β-unsaturated/α-hetero) is 1. The molecule has 0 amide bonds. The lowest BCUT2D eigenvalue weighted by atomic mass is 10.0. The molecule has 8 heteroatoms. The average molecular weight is 418 g/mol. The first-order valence-electron chi connectivity index (χ1n) is 8.99. The van der Waals surface area contributed by atoms with Crippen LogP contribution in [0.15, 0.2) is 52.5 Å². The van der Waals surface area contributed by atoms with Crippen LogP contribution in [-0.2, 0) is 16.6 Å². The van der Waals surface area contributed by atoms with Crippen LogP contribution >= 0.6 is 11.8 Å². The quantitative estimate of drug-likeness (QED) is 0.466. The molecule has 148 valence electrons. The van der Waals surface area contributed by atoms with Crippen molar-refractivity contribution in [2.75, 3.05) is 5.75 Å². The van der Waals surface area contributed by atoms with Gasteiger partial charge in [0.1, 0.15) is 0 Å². The first kappa shape index (κ1) is 20.6. The zero-order valence-electron chi connectivity index (χ0n) is 16.0. The fourth-order valence-corrected chi connectivity index (χ4v) is 4.45. The number of nitrogens with zero attached hydrogens (tertiary/aromatic N) is 2. The highest BCUT2D eigenvalue weighted by molar-refractivity contribution is 7.99. The van der Waals surface area contributed by atoms with Gasteiger partial charge in [0.2, 0.25) is 10.0 Å². The number of ketones is 1. The third-order valence-electron chi connectivity index (χ3n) is 4.56. The van der Waals surface area contributed by atoms with E-state index in [0.717, 1.165) is 5.52 Å². The Kier molecular flexibility index (Phi) is 5.92. The fourth-order valence-electron chi connectivity index (χ4n) is 2.95. The third kappa shape index (κ3) is 4.29. The van der Waals surface area contributed by atoms with E-state index in [0.29, 0.717) is 28.7 Å². The highest BCUT2D eigenvalue weighted by Gasteiger charge is 2.16. The van der Waals surface area contributed by atoms with Gasteiger partial charge in [-0.1, -0.05) is 49.9 Å². The number of thioether (sulfide) groups is 1. The number of carbonyl (C=O) groups is 1. The van der Waals surface area contributed by atoms with E-state index in [9.17, 15) is 13.2 Å². The first-order chi connectivity index (χ1) is 13.2. The summed E-state index contributed by atoms with van der Waals surface area (Å²) in [5.74, 6) is 0.706. The molecule has 0 radical (unpaired) electrons. The van der Waals surface area contributed by atoms with Crippen molar-refractivity contribution in [2.45, 2.75) is 43.3 Å². The molecule has 0 spiro atoms. The van der Waals surface area contributed by atoms with Gasteiger partial charge in [-0.3, -0.25) is 4.79 Å². The molecule has 0 unspecified atom stereocenters. The Hall–Kier alpha value is -2.16. The van der Waals surface area contributed by atoms with Gasteiger partial charge in [0.25, 0.3) is 0 Å². The minimum absolute atomic E-state index is 0.0265. The topological polar surface area (TPSA) is 95.0 Å². The van der Waals surface area contributed by atoms with Gasteiger partial charge in [-0.25, -0.2) is 18.5 Å². The number of primary sulfonamides is 1. The molecule has 0 aliphatic heterocycles. The molecule has 0 aliphatic rings. The maximum atomic E-state index is 12.5. The van der Waals surface area contributed by atoms with Crippen LogP contribution in [0.25, 0.3) is 11.0 Å². The van der Waals surface area contributed by atoms with Gasteiger partial charge in [-0.2, -0.15) is 0 Å². The molecule has 1 aromatic heterocycles. The number of imidazole rings is 1. The molecule has 0 saturated carbocycles. The second-order valence-electron chi connectivity index (χ2n) is 6.82. The number of sulfonamides is 1. The molecule has 2 N–H and O–H groups in total. The highest BCUT2D eigenvalue weighted by Crippen LogP contribution is 2.26. The summed E-state index contributed by atoms with van der Waals surface area (Å²) in [6.07, 6.45) is 0. The minimum atomic E-state index is -3.79. The van der Waals surface area contributed by atoms with Crippen LogP contribution in [0.3, 0.4) is 0 Å². The summed E-state index contributed by atoms with van der Waals surface area (Å²) in [5, 5.41) is 5.88. The fraction of sp³-hybridized carbons (Fsp3) is 0.300. The van der Waals surface area contributed by atoms with Crippen LogP contribution in [0.5, 0.6) is 0 Å². The monoisotopic (exact) mass is 417 g/mol. The summed E-state index contributed by atoms with van der Waals surface area (Å²) in [4.78, 5) is 17.1. The molecule has 0 bridgehead atoms. The van der Waals surface area contributed by atoms with Gasteiger partial charge in [0.15, 0.2) is 10.9 Å². The van der Waals surface area contributed by atoms with Crippen molar-refractivity contribution in [3.8, 4) is 0 Å². The van der Waals surface area contributed by atoms with E-state index in [1.54, 1.807) is 6.07 Å². The van der Waals surface area contributed by atoms with Crippen LogP contribution in [-0.4, -0.2) is 29.5 Å². The number of benzene rings is 2. The second-order valence-corrected chi connectivity index (χ2v) is 9.33. The second kappa shape index (κ2) is 8.06. The maximum Gasteiger partial charge on any atom is 0.238 e. The normalized spacial score (nSPS) is 12.0. The number of aromatic nitrogens is 2. The van der Waals surface area contributed by atoms with Crippen molar-refractivity contribution in [1.29, 1.82) is 0 Å². The lowest BCUT2D eigenvalue weighted by molar-refractivity contribution is 0.102. The summed E-state index contributed by atoms with van der Waals surface area (Å²) in [5.41, 5.74) is 3.23. The molecule has 1 heterocycles. The average Bonchev–Trinajstić information content (AvgIpc) is 3.02. The molecule has 0 aliphatic carbocycles. The van der Waals surface area contributed by atoms with Gasteiger partial charge in [-0.15, -0.1) is 0 Å². The van der Waals surface area contributed by atoms with E-state index < -0.39 is 10.0 Å². The first-order valence-corrected chi connectivity index (χ1v) is 11.5. The Morgan fingerprint density at radius 1 is 1.18 bits per heavy atom. The summed E-state index contributed by atoms with van der Waals surface area (Å²) < 4.78 is 25.1. The predicted molar refractivity (Wildman–Crippen MR) is 112 cm³/mol. The summed E-state index contributed by atoms with van der Waals surface area (Å²) in [6.45, 7) is 6.86. The van der Waals surface area contributed by atoms with Crippen molar-refractivity contribution in [3.63, 3.8) is 0 Å². The van der Waals surface area contributed by atoms with Gasteiger partial charge in [-0.05, 0) is 36.6 Å². The number of hydrogen-bond acceptors (Lipinski definition) is 5. The number of carbonyl (C=O) groups excluding carboxylic acids is 1. The Balaban J connectivity index is 1.82. The molecular weight excluding hydrogens is 394 g/mol. The Morgan fingerprint density at radius 2 is 1.86 bits per heavy atom. The Labute approximate surface area is 169 Å². The lowest BCUT2D eigenvalue weighted by Gasteiger charge is -2.07. The molecule has 0 saturated heterocycles. The van der Waals surface area contributed by atoms with Gasteiger partial charge in [0, 0.05) is 12.1 Å². The highest BCUT2D eigenvalue weighted by atomic mass is 32.2. The van der Waals surface area contributed by atoms with Crippen molar-refractivity contribution in [3.05, 3.63) is 53.6 Å². The molecular formula is C20H23N3O3S2. The number of rotatable bonds is 7.